The molecule has 3 nitrogen and oxygen atoms in total. The lowest BCUT2D eigenvalue weighted by atomic mass is 9.92. The molecule has 0 spiro atoms. The summed E-state index contributed by atoms with van der Waals surface area (Å²) < 4.78 is 29.3. The van der Waals surface area contributed by atoms with E-state index >= 15 is 0 Å². The average molecular weight is 194 g/mol. The van der Waals surface area contributed by atoms with Gasteiger partial charge in [-0.15, -0.1) is 0 Å². The molecule has 1 fully saturated rings. The van der Waals surface area contributed by atoms with Crippen molar-refractivity contribution in [2.75, 3.05) is 19.7 Å². The van der Waals surface area contributed by atoms with E-state index in [0.717, 1.165) is 0 Å². The summed E-state index contributed by atoms with van der Waals surface area (Å²) in [6.07, 6.45) is -1.72. The van der Waals surface area contributed by atoms with Crippen molar-refractivity contribution in [2.45, 2.75) is 31.4 Å². The third-order valence-electron chi connectivity index (χ3n) is 2.67. The fourth-order valence-corrected chi connectivity index (χ4v) is 1.63. The average Bonchev–Trinajstić information content (AvgIpc) is 2.45. The molecule has 0 aromatic carbocycles. The molecule has 78 valence electrons. The molecule has 0 aromatic heterocycles. The zero-order chi connectivity index (χ0) is 9.90. The molecule has 0 aliphatic carbocycles. The van der Waals surface area contributed by atoms with Gasteiger partial charge < -0.3 is 15.8 Å². The standard InChI is InChI=1S/C8H16F2N2O/c1-6-8(5-11,2-3-13-6)12-4-7(9)10/h6-7,12H,2-5,11H2,1H3. The van der Waals surface area contributed by atoms with Gasteiger partial charge in [-0.2, -0.15) is 0 Å². The van der Waals surface area contributed by atoms with Crippen LogP contribution in [-0.4, -0.2) is 37.8 Å². The Morgan fingerprint density at radius 2 is 2.38 bits per heavy atom. The lowest BCUT2D eigenvalue weighted by Gasteiger charge is -2.31. The molecule has 0 radical (unpaired) electrons. The molecule has 2 unspecified atom stereocenters. The van der Waals surface area contributed by atoms with Gasteiger partial charge in [-0.25, -0.2) is 8.78 Å². The summed E-state index contributed by atoms with van der Waals surface area (Å²) in [5.74, 6) is 0. The molecule has 5 heteroatoms. The Labute approximate surface area is 76.6 Å². The van der Waals surface area contributed by atoms with Gasteiger partial charge >= 0.3 is 0 Å². The molecular weight excluding hydrogens is 178 g/mol. The Balaban J connectivity index is 2.49. The van der Waals surface area contributed by atoms with Crippen molar-refractivity contribution in [1.82, 2.24) is 5.32 Å². The number of nitrogens with one attached hydrogen (secondary N) is 1. The highest BCUT2D eigenvalue weighted by atomic mass is 19.3. The van der Waals surface area contributed by atoms with Crippen LogP contribution in [0.15, 0.2) is 0 Å². The van der Waals surface area contributed by atoms with Crippen molar-refractivity contribution in [3.05, 3.63) is 0 Å². The van der Waals surface area contributed by atoms with Crippen LogP contribution in [0, 0.1) is 0 Å². The number of halogens is 2. The van der Waals surface area contributed by atoms with E-state index in [1.807, 2.05) is 6.92 Å². The Kier molecular flexibility index (Phi) is 3.58. The van der Waals surface area contributed by atoms with Gasteiger partial charge in [0.2, 0.25) is 0 Å². The molecule has 1 aliphatic heterocycles. The zero-order valence-electron chi connectivity index (χ0n) is 7.72. The molecule has 2 atom stereocenters. The summed E-state index contributed by atoms with van der Waals surface area (Å²) in [5.41, 5.74) is 5.11. The van der Waals surface area contributed by atoms with Gasteiger partial charge in [0.25, 0.3) is 6.43 Å². The molecule has 3 N–H and O–H groups in total. The van der Waals surface area contributed by atoms with E-state index in [2.05, 4.69) is 5.32 Å². The van der Waals surface area contributed by atoms with Crippen LogP contribution in [0.5, 0.6) is 0 Å². The molecule has 0 aromatic rings. The van der Waals surface area contributed by atoms with Crippen molar-refractivity contribution < 1.29 is 13.5 Å². The first-order valence-electron chi connectivity index (χ1n) is 4.45. The SMILES string of the molecule is CC1OCCC1(CN)NCC(F)F. The summed E-state index contributed by atoms with van der Waals surface area (Å²) >= 11 is 0. The second kappa shape index (κ2) is 4.30. The first-order valence-corrected chi connectivity index (χ1v) is 4.45. The van der Waals surface area contributed by atoms with Gasteiger partial charge in [-0.3, -0.25) is 0 Å². The lowest BCUT2D eigenvalue weighted by molar-refractivity contribution is 0.0717. The number of rotatable bonds is 4. The predicted octanol–water partition coefficient (Wildman–Crippen LogP) is 0.347. The smallest absolute Gasteiger partial charge is 0.250 e. The Morgan fingerprint density at radius 1 is 1.69 bits per heavy atom. The highest BCUT2D eigenvalue weighted by Crippen LogP contribution is 2.24. The summed E-state index contributed by atoms with van der Waals surface area (Å²) in [7, 11) is 0. The quantitative estimate of drug-likeness (QED) is 0.678. The van der Waals surface area contributed by atoms with Gasteiger partial charge in [0.05, 0.1) is 18.2 Å². The first kappa shape index (κ1) is 10.8. The van der Waals surface area contributed by atoms with Crippen molar-refractivity contribution in [3.8, 4) is 0 Å². The molecule has 1 saturated heterocycles. The summed E-state index contributed by atoms with van der Waals surface area (Å²) in [5, 5.41) is 2.79. The van der Waals surface area contributed by atoms with Gasteiger partial charge in [0.15, 0.2) is 0 Å². The van der Waals surface area contributed by atoms with E-state index in [-0.39, 0.29) is 12.6 Å². The monoisotopic (exact) mass is 194 g/mol. The van der Waals surface area contributed by atoms with Crippen LogP contribution in [-0.2, 0) is 4.74 Å². The van der Waals surface area contributed by atoms with Crippen molar-refractivity contribution >= 4 is 0 Å². The predicted molar refractivity (Wildman–Crippen MR) is 45.8 cm³/mol. The minimum atomic E-state index is -2.34. The summed E-state index contributed by atoms with van der Waals surface area (Å²) in [6, 6.07) is 0. The topological polar surface area (TPSA) is 47.3 Å². The van der Waals surface area contributed by atoms with Crippen molar-refractivity contribution in [2.24, 2.45) is 5.73 Å². The van der Waals surface area contributed by atoms with Crippen LogP contribution < -0.4 is 11.1 Å². The fourth-order valence-electron chi connectivity index (χ4n) is 1.63. The number of ether oxygens (including phenoxy) is 1. The molecular formula is C8H16F2N2O. The minimum Gasteiger partial charge on any atom is -0.376 e. The summed E-state index contributed by atoms with van der Waals surface area (Å²) in [6.45, 7) is 2.47. The third-order valence-corrected chi connectivity index (χ3v) is 2.67. The van der Waals surface area contributed by atoms with E-state index in [1.165, 1.54) is 0 Å². The van der Waals surface area contributed by atoms with Crippen LogP contribution in [0.25, 0.3) is 0 Å². The molecule has 1 rings (SSSR count). The Morgan fingerprint density at radius 3 is 2.77 bits per heavy atom. The molecule has 13 heavy (non-hydrogen) atoms. The Hall–Kier alpha value is -0.260. The van der Waals surface area contributed by atoms with E-state index < -0.39 is 12.0 Å². The first-order chi connectivity index (χ1) is 6.10. The Bertz CT molecular complexity index is 168. The van der Waals surface area contributed by atoms with E-state index in [4.69, 9.17) is 10.5 Å². The van der Waals surface area contributed by atoms with Crippen LogP contribution in [0.2, 0.25) is 0 Å². The minimum absolute atomic E-state index is 0.0868. The van der Waals surface area contributed by atoms with Gasteiger partial charge in [0.1, 0.15) is 0 Å². The maximum absolute atomic E-state index is 12.0. The maximum Gasteiger partial charge on any atom is 0.250 e. The van der Waals surface area contributed by atoms with Gasteiger partial charge in [-0.05, 0) is 13.3 Å². The van der Waals surface area contributed by atoms with Crippen molar-refractivity contribution in [1.29, 1.82) is 0 Å². The third kappa shape index (κ3) is 2.36. The van der Waals surface area contributed by atoms with E-state index in [1.54, 1.807) is 0 Å². The van der Waals surface area contributed by atoms with Crippen LogP contribution in [0.4, 0.5) is 8.78 Å². The second-order valence-corrected chi connectivity index (χ2v) is 3.40. The van der Waals surface area contributed by atoms with Gasteiger partial charge in [-0.1, -0.05) is 0 Å². The normalized spacial score (nSPS) is 34.4. The largest absolute Gasteiger partial charge is 0.376 e. The zero-order valence-corrected chi connectivity index (χ0v) is 7.72. The second-order valence-electron chi connectivity index (χ2n) is 3.40. The maximum atomic E-state index is 12.0. The molecule has 0 saturated carbocycles. The fraction of sp³-hybridized carbons (Fsp3) is 1.00. The van der Waals surface area contributed by atoms with Crippen molar-refractivity contribution in [3.63, 3.8) is 0 Å². The number of nitrogens with two attached hydrogens (primary N) is 1. The number of alkyl halides is 2. The van der Waals surface area contributed by atoms with E-state index in [0.29, 0.717) is 19.6 Å². The molecule has 1 heterocycles. The molecule has 0 amide bonds. The van der Waals surface area contributed by atoms with Crippen LogP contribution in [0.1, 0.15) is 13.3 Å². The lowest BCUT2D eigenvalue weighted by Crippen LogP contribution is -2.57. The molecule has 0 bridgehead atoms. The molecule has 1 aliphatic rings. The van der Waals surface area contributed by atoms with Crippen LogP contribution >= 0.6 is 0 Å². The number of hydrogen-bond acceptors (Lipinski definition) is 3. The van der Waals surface area contributed by atoms with E-state index in [9.17, 15) is 8.78 Å². The highest BCUT2D eigenvalue weighted by Gasteiger charge is 2.40. The van der Waals surface area contributed by atoms with Crippen LogP contribution in [0.3, 0.4) is 0 Å². The number of hydrogen-bond donors (Lipinski definition) is 2. The van der Waals surface area contributed by atoms with Gasteiger partial charge in [0, 0.05) is 13.2 Å². The highest BCUT2D eigenvalue weighted by molar-refractivity contribution is 4.98. The summed E-state index contributed by atoms with van der Waals surface area (Å²) in [4.78, 5) is 0.